The molecule has 0 fully saturated rings. The minimum absolute atomic E-state index is 0.0410. The fourth-order valence-corrected chi connectivity index (χ4v) is 3.03. The van der Waals surface area contributed by atoms with Crippen molar-refractivity contribution >= 4 is 17.6 Å². The van der Waals surface area contributed by atoms with Gasteiger partial charge in [-0.3, -0.25) is 14.9 Å². The second-order valence-electron chi connectivity index (χ2n) is 5.59. The topological polar surface area (TPSA) is 117 Å². The lowest BCUT2D eigenvalue weighted by atomic mass is 9.83. The highest BCUT2D eigenvalue weighted by atomic mass is 16.7. The second-order valence-corrected chi connectivity index (χ2v) is 5.59. The van der Waals surface area contributed by atoms with Crippen LogP contribution in [0.3, 0.4) is 0 Å². The smallest absolute Gasteiger partial charge is 0.336 e. The Balaban J connectivity index is 2.15. The first kappa shape index (κ1) is 16.7. The number of allylic oxidation sites excluding steroid dienone is 1. The maximum absolute atomic E-state index is 12.4. The average molecular weight is 348 g/mol. The Morgan fingerprint density at radius 3 is 2.72 bits per heavy atom. The third-order valence-electron chi connectivity index (χ3n) is 4.06. The molecule has 1 N–H and O–H groups in total. The van der Waals surface area contributed by atoms with E-state index in [0.29, 0.717) is 11.4 Å². The summed E-state index contributed by atoms with van der Waals surface area (Å²) in [7, 11) is 0. The van der Waals surface area contributed by atoms with E-state index in [2.05, 4.69) is 5.32 Å². The molecule has 2 aliphatic heterocycles. The number of hydrogen-bond acceptors (Lipinski definition) is 7. The van der Waals surface area contributed by atoms with E-state index in [-0.39, 0.29) is 48.3 Å². The van der Waals surface area contributed by atoms with Crippen LogP contribution in [-0.4, -0.2) is 30.2 Å². The number of ether oxygens (including phenoxy) is 3. The van der Waals surface area contributed by atoms with Gasteiger partial charge in [-0.05, 0) is 19.9 Å². The fraction of sp³-hybridized carbons (Fsp3) is 0.375. The Morgan fingerprint density at radius 2 is 2.08 bits per heavy atom. The van der Waals surface area contributed by atoms with Crippen LogP contribution in [0.25, 0.3) is 0 Å². The molecule has 1 amide bonds. The van der Waals surface area contributed by atoms with Gasteiger partial charge in [-0.25, -0.2) is 4.79 Å². The number of nitro benzene ring substituents is 1. The molecule has 1 aromatic rings. The molecule has 0 radical (unpaired) electrons. The summed E-state index contributed by atoms with van der Waals surface area (Å²) in [5, 5.41) is 14.1. The largest absolute Gasteiger partial charge is 0.463 e. The van der Waals surface area contributed by atoms with Crippen molar-refractivity contribution in [3.05, 3.63) is 39.1 Å². The summed E-state index contributed by atoms with van der Waals surface area (Å²) in [5.74, 6) is -1.15. The molecule has 132 valence electrons. The second kappa shape index (κ2) is 6.42. The van der Waals surface area contributed by atoms with Crippen LogP contribution in [0, 0.1) is 10.1 Å². The van der Waals surface area contributed by atoms with Crippen LogP contribution in [0.1, 0.15) is 31.7 Å². The molecule has 0 saturated heterocycles. The zero-order chi connectivity index (χ0) is 18.1. The Labute approximate surface area is 142 Å². The number of fused-ring (bicyclic) bond motifs is 1. The van der Waals surface area contributed by atoms with Crippen LogP contribution >= 0.6 is 0 Å². The van der Waals surface area contributed by atoms with Gasteiger partial charge >= 0.3 is 5.97 Å². The van der Waals surface area contributed by atoms with E-state index < -0.39 is 16.8 Å². The third kappa shape index (κ3) is 3.00. The Bertz CT molecular complexity index is 800. The molecule has 3 rings (SSSR count). The summed E-state index contributed by atoms with van der Waals surface area (Å²) in [6.45, 7) is 3.34. The summed E-state index contributed by atoms with van der Waals surface area (Å²) in [4.78, 5) is 35.3. The van der Waals surface area contributed by atoms with Gasteiger partial charge in [0.1, 0.15) is 0 Å². The van der Waals surface area contributed by atoms with Crippen molar-refractivity contribution in [3.8, 4) is 11.5 Å². The van der Waals surface area contributed by atoms with Crippen molar-refractivity contribution in [2.24, 2.45) is 0 Å². The molecule has 0 saturated carbocycles. The van der Waals surface area contributed by atoms with E-state index in [9.17, 15) is 19.7 Å². The van der Waals surface area contributed by atoms with Gasteiger partial charge in [0.25, 0.3) is 5.69 Å². The molecule has 2 heterocycles. The zero-order valence-corrected chi connectivity index (χ0v) is 13.7. The third-order valence-corrected chi connectivity index (χ3v) is 4.06. The number of benzene rings is 1. The van der Waals surface area contributed by atoms with E-state index in [1.54, 1.807) is 13.8 Å². The summed E-state index contributed by atoms with van der Waals surface area (Å²) in [6.07, 6.45) is -0.105. The minimum Gasteiger partial charge on any atom is -0.463 e. The Morgan fingerprint density at radius 1 is 1.40 bits per heavy atom. The predicted molar refractivity (Wildman–Crippen MR) is 84.1 cm³/mol. The minimum atomic E-state index is -0.803. The monoisotopic (exact) mass is 348 g/mol. The number of amides is 1. The number of hydrogen-bond donors (Lipinski definition) is 1. The summed E-state index contributed by atoms with van der Waals surface area (Å²) in [5.41, 5.74) is 0.500. The van der Waals surface area contributed by atoms with E-state index >= 15 is 0 Å². The van der Waals surface area contributed by atoms with Gasteiger partial charge in [0.15, 0.2) is 11.5 Å². The first-order valence-electron chi connectivity index (χ1n) is 7.68. The molecule has 9 heteroatoms. The van der Waals surface area contributed by atoms with Crippen molar-refractivity contribution in [1.29, 1.82) is 0 Å². The number of esters is 1. The van der Waals surface area contributed by atoms with Crippen LogP contribution in [0.4, 0.5) is 5.69 Å². The van der Waals surface area contributed by atoms with Crippen LogP contribution in [-0.2, 0) is 14.3 Å². The number of rotatable bonds is 4. The highest BCUT2D eigenvalue weighted by molar-refractivity contribution is 5.96. The Hall–Kier alpha value is -3.10. The highest BCUT2D eigenvalue weighted by Crippen LogP contribution is 2.44. The van der Waals surface area contributed by atoms with Crippen molar-refractivity contribution in [1.82, 2.24) is 5.32 Å². The van der Waals surface area contributed by atoms with Crippen LogP contribution in [0.5, 0.6) is 11.5 Å². The lowest BCUT2D eigenvalue weighted by Gasteiger charge is -2.26. The molecule has 2 aliphatic rings. The number of nitro groups is 1. The van der Waals surface area contributed by atoms with Gasteiger partial charge in [0.2, 0.25) is 12.7 Å². The van der Waals surface area contributed by atoms with Gasteiger partial charge in [0, 0.05) is 23.6 Å². The average Bonchev–Trinajstić information content (AvgIpc) is 3.00. The van der Waals surface area contributed by atoms with E-state index in [0.717, 1.165) is 0 Å². The zero-order valence-electron chi connectivity index (χ0n) is 13.7. The van der Waals surface area contributed by atoms with E-state index in [4.69, 9.17) is 14.2 Å². The maximum Gasteiger partial charge on any atom is 0.336 e. The fourth-order valence-electron chi connectivity index (χ4n) is 3.03. The number of nitrogens with zero attached hydrogens (tertiary/aromatic N) is 1. The normalized spacial score (nSPS) is 18.8. The summed E-state index contributed by atoms with van der Waals surface area (Å²) in [6, 6.07) is 2.71. The van der Waals surface area contributed by atoms with Gasteiger partial charge < -0.3 is 19.5 Å². The van der Waals surface area contributed by atoms with Gasteiger partial charge in [-0.1, -0.05) is 0 Å². The molecule has 1 atom stereocenters. The molecule has 25 heavy (non-hydrogen) atoms. The Kier molecular flexibility index (Phi) is 4.30. The quantitative estimate of drug-likeness (QED) is 0.500. The maximum atomic E-state index is 12.4. The SMILES string of the molecule is CCOC(=O)C1=C(C)NC(=O)C[C@H]1c1cc2c(cc1[N+](=O)[O-])OCO2. The lowest BCUT2D eigenvalue weighted by molar-refractivity contribution is -0.385. The number of nitrogens with one attached hydrogen (secondary N) is 1. The molecule has 9 nitrogen and oxygen atoms in total. The van der Waals surface area contributed by atoms with E-state index in [1.807, 2.05) is 0 Å². The number of carbonyl (C=O) groups excluding carboxylic acids is 2. The van der Waals surface area contributed by atoms with Crippen molar-refractivity contribution in [2.45, 2.75) is 26.2 Å². The molecule has 0 aromatic heterocycles. The standard InChI is InChI=1S/C16H16N2O7/c1-3-23-16(20)15-8(2)17-14(19)5-10(15)9-4-12-13(25-7-24-12)6-11(9)18(21)22/h4,6,10H,3,5,7H2,1-2H3,(H,17,19)/t10-/m0/s1. The molecule has 1 aromatic carbocycles. The molecule has 0 bridgehead atoms. The lowest BCUT2D eigenvalue weighted by Crippen LogP contribution is -2.34. The first-order chi connectivity index (χ1) is 11.9. The van der Waals surface area contributed by atoms with Crippen LogP contribution in [0.15, 0.2) is 23.4 Å². The van der Waals surface area contributed by atoms with Crippen LogP contribution < -0.4 is 14.8 Å². The van der Waals surface area contributed by atoms with Crippen molar-refractivity contribution in [2.75, 3.05) is 13.4 Å². The first-order valence-corrected chi connectivity index (χ1v) is 7.68. The molecule has 0 spiro atoms. The van der Waals surface area contributed by atoms with Crippen LogP contribution in [0.2, 0.25) is 0 Å². The molecule has 0 unspecified atom stereocenters. The van der Waals surface area contributed by atoms with Gasteiger partial charge in [-0.15, -0.1) is 0 Å². The number of carbonyl (C=O) groups is 2. The van der Waals surface area contributed by atoms with Crippen molar-refractivity contribution in [3.63, 3.8) is 0 Å². The molecular weight excluding hydrogens is 332 g/mol. The highest BCUT2D eigenvalue weighted by Gasteiger charge is 2.37. The summed E-state index contributed by atoms with van der Waals surface area (Å²) < 4.78 is 15.5. The van der Waals surface area contributed by atoms with Gasteiger partial charge in [0.05, 0.1) is 23.2 Å². The predicted octanol–water partition coefficient (Wildman–Crippen LogP) is 1.76. The van der Waals surface area contributed by atoms with Gasteiger partial charge in [-0.2, -0.15) is 0 Å². The molecule has 0 aliphatic carbocycles. The van der Waals surface area contributed by atoms with Crippen molar-refractivity contribution < 1.29 is 28.7 Å². The van der Waals surface area contributed by atoms with E-state index in [1.165, 1.54) is 12.1 Å². The molecular formula is C16H16N2O7. The summed E-state index contributed by atoms with van der Waals surface area (Å²) >= 11 is 0.